The lowest BCUT2D eigenvalue weighted by Crippen LogP contribution is -2.22. The summed E-state index contributed by atoms with van der Waals surface area (Å²) in [5.41, 5.74) is 1.55. The topological polar surface area (TPSA) is 75.7 Å². The molecule has 162 valence electrons. The van der Waals surface area contributed by atoms with E-state index in [4.69, 9.17) is 4.74 Å². The van der Waals surface area contributed by atoms with Gasteiger partial charge in [-0.2, -0.15) is 0 Å². The first-order valence-electron chi connectivity index (χ1n) is 10.3. The molecule has 0 bridgehead atoms. The van der Waals surface area contributed by atoms with E-state index in [1.54, 1.807) is 63.5 Å². The predicted octanol–water partition coefficient (Wildman–Crippen LogP) is 4.46. The van der Waals surface area contributed by atoms with Gasteiger partial charge in [-0.05, 0) is 67.6 Å². The van der Waals surface area contributed by atoms with E-state index in [2.05, 4.69) is 4.72 Å². The van der Waals surface area contributed by atoms with Gasteiger partial charge in [0.25, 0.3) is 15.9 Å². The smallest absolute Gasteiger partial charge is 0.261 e. The van der Waals surface area contributed by atoms with Crippen molar-refractivity contribution in [1.82, 2.24) is 4.90 Å². The molecule has 3 rings (SSSR count). The molecule has 1 aliphatic carbocycles. The van der Waals surface area contributed by atoms with Gasteiger partial charge < -0.3 is 9.64 Å². The number of hydrogen-bond acceptors (Lipinski definition) is 4. The lowest BCUT2D eigenvalue weighted by atomic mass is 9.90. The van der Waals surface area contributed by atoms with E-state index in [0.717, 1.165) is 5.56 Å². The first-order valence-corrected chi connectivity index (χ1v) is 11.8. The highest BCUT2D eigenvalue weighted by molar-refractivity contribution is 7.92. The first kappa shape index (κ1) is 22.2. The van der Waals surface area contributed by atoms with Gasteiger partial charge in [-0.3, -0.25) is 9.52 Å². The second kappa shape index (κ2) is 9.51. The molecule has 1 N–H and O–H groups in total. The SMILES string of the molecule is Cc1ccc(C(=O)N(C)C)cc1NS(=O)(=O)c1ccc(OCC2CCCCC2)cc1. The molecule has 1 fully saturated rings. The summed E-state index contributed by atoms with van der Waals surface area (Å²) in [5.74, 6) is 1.08. The van der Waals surface area contributed by atoms with E-state index in [-0.39, 0.29) is 10.8 Å². The minimum absolute atomic E-state index is 0.149. The quantitative estimate of drug-likeness (QED) is 0.704. The van der Waals surface area contributed by atoms with Crippen molar-refractivity contribution in [2.24, 2.45) is 5.92 Å². The van der Waals surface area contributed by atoms with Gasteiger partial charge in [-0.25, -0.2) is 8.42 Å². The zero-order valence-corrected chi connectivity index (χ0v) is 18.7. The van der Waals surface area contributed by atoms with Crippen molar-refractivity contribution in [3.8, 4) is 5.75 Å². The molecule has 0 aliphatic heterocycles. The fourth-order valence-electron chi connectivity index (χ4n) is 3.61. The van der Waals surface area contributed by atoms with Crippen LogP contribution >= 0.6 is 0 Å². The number of nitrogens with zero attached hydrogens (tertiary/aromatic N) is 1. The molecule has 0 heterocycles. The highest BCUT2D eigenvalue weighted by Gasteiger charge is 2.18. The van der Waals surface area contributed by atoms with Gasteiger partial charge in [0.2, 0.25) is 0 Å². The van der Waals surface area contributed by atoms with Crippen LogP contribution in [-0.4, -0.2) is 39.9 Å². The van der Waals surface area contributed by atoms with Gasteiger partial charge >= 0.3 is 0 Å². The number of amides is 1. The summed E-state index contributed by atoms with van der Waals surface area (Å²) in [7, 11) is -0.468. The molecule has 0 spiro atoms. The van der Waals surface area contributed by atoms with Crippen LogP contribution in [0.15, 0.2) is 47.4 Å². The Morgan fingerprint density at radius 2 is 1.73 bits per heavy atom. The van der Waals surface area contributed by atoms with Crippen molar-refractivity contribution in [2.75, 3.05) is 25.4 Å². The summed E-state index contributed by atoms with van der Waals surface area (Å²) < 4.78 is 34.1. The maximum atomic E-state index is 12.8. The molecule has 0 radical (unpaired) electrons. The number of sulfonamides is 1. The predicted molar refractivity (Wildman–Crippen MR) is 119 cm³/mol. The zero-order chi connectivity index (χ0) is 21.7. The Kier molecular flexibility index (Phi) is 7.02. The summed E-state index contributed by atoms with van der Waals surface area (Å²) in [5, 5.41) is 0. The van der Waals surface area contributed by atoms with E-state index in [1.165, 1.54) is 37.0 Å². The highest BCUT2D eigenvalue weighted by atomic mass is 32.2. The van der Waals surface area contributed by atoms with Gasteiger partial charge in [-0.1, -0.05) is 25.3 Å². The number of carbonyl (C=O) groups excluding carboxylic acids is 1. The Balaban J connectivity index is 1.69. The molecule has 2 aromatic rings. The van der Waals surface area contributed by atoms with Gasteiger partial charge in [0.15, 0.2) is 0 Å². The number of benzene rings is 2. The summed E-state index contributed by atoms with van der Waals surface area (Å²) in [6, 6.07) is 11.5. The number of anilines is 1. The second-order valence-corrected chi connectivity index (χ2v) is 9.80. The van der Waals surface area contributed by atoms with Crippen molar-refractivity contribution in [3.05, 3.63) is 53.6 Å². The normalized spacial score (nSPS) is 14.9. The minimum Gasteiger partial charge on any atom is -0.493 e. The molecule has 7 heteroatoms. The molecule has 30 heavy (non-hydrogen) atoms. The average molecular weight is 431 g/mol. The van der Waals surface area contributed by atoms with E-state index < -0.39 is 10.0 Å². The number of hydrogen-bond donors (Lipinski definition) is 1. The van der Waals surface area contributed by atoms with E-state index in [9.17, 15) is 13.2 Å². The number of carbonyl (C=O) groups is 1. The Morgan fingerprint density at radius 3 is 2.37 bits per heavy atom. The first-order chi connectivity index (χ1) is 14.3. The molecular formula is C23H30N2O4S. The van der Waals surface area contributed by atoms with Gasteiger partial charge in [0.05, 0.1) is 17.2 Å². The Labute approximate surface area is 179 Å². The largest absolute Gasteiger partial charge is 0.493 e. The van der Waals surface area contributed by atoms with Crippen LogP contribution in [0.25, 0.3) is 0 Å². The molecule has 1 amide bonds. The molecule has 1 aliphatic rings. The van der Waals surface area contributed by atoms with Crippen molar-refractivity contribution in [3.63, 3.8) is 0 Å². The van der Waals surface area contributed by atoms with Crippen LogP contribution < -0.4 is 9.46 Å². The third kappa shape index (κ3) is 5.53. The molecule has 2 aromatic carbocycles. The highest BCUT2D eigenvalue weighted by Crippen LogP contribution is 2.26. The fraction of sp³-hybridized carbons (Fsp3) is 0.435. The number of rotatable bonds is 7. The molecule has 0 aromatic heterocycles. The number of aryl methyl sites for hydroxylation is 1. The molecule has 0 unspecified atom stereocenters. The van der Waals surface area contributed by atoms with Crippen LogP contribution in [0.3, 0.4) is 0 Å². The second-order valence-electron chi connectivity index (χ2n) is 8.12. The van der Waals surface area contributed by atoms with Crippen LogP contribution in [0.1, 0.15) is 48.0 Å². The van der Waals surface area contributed by atoms with Crippen LogP contribution in [0.5, 0.6) is 5.75 Å². The maximum Gasteiger partial charge on any atom is 0.261 e. The zero-order valence-electron chi connectivity index (χ0n) is 17.8. The van der Waals surface area contributed by atoms with Crippen molar-refractivity contribution >= 4 is 21.6 Å². The van der Waals surface area contributed by atoms with Crippen molar-refractivity contribution < 1.29 is 17.9 Å². The third-order valence-electron chi connectivity index (χ3n) is 5.48. The number of nitrogens with one attached hydrogen (secondary N) is 1. The molecule has 6 nitrogen and oxygen atoms in total. The Hall–Kier alpha value is -2.54. The van der Waals surface area contributed by atoms with Gasteiger partial charge in [0, 0.05) is 19.7 Å². The fourth-order valence-corrected chi connectivity index (χ4v) is 4.73. The molecular weight excluding hydrogens is 400 g/mol. The molecule has 1 saturated carbocycles. The van der Waals surface area contributed by atoms with Crippen molar-refractivity contribution in [1.29, 1.82) is 0 Å². The lowest BCUT2D eigenvalue weighted by Gasteiger charge is -2.21. The average Bonchev–Trinajstić information content (AvgIpc) is 2.74. The van der Waals surface area contributed by atoms with Crippen LogP contribution in [0.2, 0.25) is 0 Å². The van der Waals surface area contributed by atoms with E-state index in [1.807, 2.05) is 0 Å². The summed E-state index contributed by atoms with van der Waals surface area (Å²) in [6.45, 7) is 2.47. The summed E-state index contributed by atoms with van der Waals surface area (Å²) in [6.07, 6.45) is 6.23. The van der Waals surface area contributed by atoms with Crippen LogP contribution in [0, 0.1) is 12.8 Å². The van der Waals surface area contributed by atoms with Crippen LogP contribution in [0.4, 0.5) is 5.69 Å². The summed E-state index contributed by atoms with van der Waals surface area (Å²) >= 11 is 0. The Morgan fingerprint density at radius 1 is 1.07 bits per heavy atom. The molecule has 0 saturated heterocycles. The van der Waals surface area contributed by atoms with Gasteiger partial charge in [0.1, 0.15) is 5.75 Å². The minimum atomic E-state index is -3.78. The lowest BCUT2D eigenvalue weighted by molar-refractivity contribution is 0.0827. The van der Waals surface area contributed by atoms with Gasteiger partial charge in [-0.15, -0.1) is 0 Å². The Bertz CT molecular complexity index is 979. The van der Waals surface area contributed by atoms with Crippen LogP contribution in [-0.2, 0) is 10.0 Å². The maximum absolute atomic E-state index is 12.8. The van der Waals surface area contributed by atoms with E-state index >= 15 is 0 Å². The standard InChI is InChI=1S/C23H30N2O4S/c1-17-9-10-19(23(26)25(2)3)15-22(17)24-30(27,28)21-13-11-20(12-14-21)29-16-18-7-5-4-6-8-18/h9-15,18,24H,4-8,16H2,1-3H3. The monoisotopic (exact) mass is 430 g/mol. The number of ether oxygens (including phenoxy) is 1. The summed E-state index contributed by atoms with van der Waals surface area (Å²) in [4.78, 5) is 13.8. The molecule has 0 atom stereocenters. The van der Waals surface area contributed by atoms with Crippen molar-refractivity contribution in [2.45, 2.75) is 43.9 Å². The van der Waals surface area contributed by atoms with E-state index in [0.29, 0.717) is 29.5 Å². The third-order valence-corrected chi connectivity index (χ3v) is 6.86.